The maximum absolute atomic E-state index is 6.50. The third kappa shape index (κ3) is 4.30. The van der Waals surface area contributed by atoms with Gasteiger partial charge in [-0.1, -0.05) is 23.7 Å². The number of pyridine rings is 1. The largest absolute Gasteiger partial charge is 0.366 e. The molecule has 0 unspecified atom stereocenters. The molecule has 0 bridgehead atoms. The van der Waals surface area contributed by atoms with Crippen LogP contribution in [0.15, 0.2) is 41.7 Å². The van der Waals surface area contributed by atoms with Crippen LogP contribution < -0.4 is 0 Å². The Hall–Kier alpha value is -1.87. The standard InChI is InChI=1S/C17H20ClN3/c1-4-21(3)12-20-16-9-13(2)8-15(17(16)18)10-14-6-5-7-19-11-14/h5-9,11-12H,4,10H2,1-3H3/b20-12-. The van der Waals surface area contributed by atoms with Gasteiger partial charge in [0, 0.05) is 32.4 Å². The molecule has 1 heterocycles. The highest BCUT2D eigenvalue weighted by Crippen LogP contribution is 2.31. The third-order valence-corrected chi connectivity index (χ3v) is 3.72. The summed E-state index contributed by atoms with van der Waals surface area (Å²) in [5, 5.41) is 0.713. The molecule has 2 aromatic rings. The molecule has 4 heteroatoms. The molecule has 0 amide bonds. The van der Waals surface area contributed by atoms with E-state index in [2.05, 4.69) is 36.0 Å². The van der Waals surface area contributed by atoms with Gasteiger partial charge in [-0.25, -0.2) is 4.99 Å². The van der Waals surface area contributed by atoms with Crippen LogP contribution in [0, 0.1) is 6.92 Å². The summed E-state index contributed by atoms with van der Waals surface area (Å²) < 4.78 is 0. The fourth-order valence-corrected chi connectivity index (χ4v) is 2.24. The Morgan fingerprint density at radius 1 is 1.38 bits per heavy atom. The summed E-state index contributed by atoms with van der Waals surface area (Å²) in [5.41, 5.74) is 4.20. The van der Waals surface area contributed by atoms with E-state index in [4.69, 9.17) is 11.6 Å². The van der Waals surface area contributed by atoms with E-state index < -0.39 is 0 Å². The smallest absolute Gasteiger partial charge is 0.0910 e. The molecule has 1 aromatic heterocycles. The number of aryl methyl sites for hydroxylation is 1. The molecule has 0 N–H and O–H groups in total. The lowest BCUT2D eigenvalue weighted by atomic mass is 10.0. The van der Waals surface area contributed by atoms with Crippen molar-refractivity contribution in [1.29, 1.82) is 0 Å². The molecule has 0 spiro atoms. The molecule has 0 aliphatic carbocycles. The van der Waals surface area contributed by atoms with Gasteiger partial charge in [0.15, 0.2) is 0 Å². The van der Waals surface area contributed by atoms with Crippen LogP contribution in [0.2, 0.25) is 5.02 Å². The van der Waals surface area contributed by atoms with Crippen LogP contribution in [0.3, 0.4) is 0 Å². The quantitative estimate of drug-likeness (QED) is 0.610. The molecular formula is C17H20ClN3. The van der Waals surface area contributed by atoms with Gasteiger partial charge in [-0.15, -0.1) is 0 Å². The Morgan fingerprint density at radius 2 is 2.19 bits per heavy atom. The molecule has 0 radical (unpaired) electrons. The monoisotopic (exact) mass is 301 g/mol. The highest BCUT2D eigenvalue weighted by molar-refractivity contribution is 6.33. The van der Waals surface area contributed by atoms with Gasteiger partial charge in [-0.2, -0.15) is 0 Å². The Morgan fingerprint density at radius 3 is 2.86 bits per heavy atom. The minimum absolute atomic E-state index is 0.713. The number of aromatic nitrogens is 1. The first kappa shape index (κ1) is 15.5. The van der Waals surface area contributed by atoms with Crippen molar-refractivity contribution in [2.24, 2.45) is 4.99 Å². The second-order valence-electron chi connectivity index (χ2n) is 5.11. The molecule has 0 aliphatic rings. The van der Waals surface area contributed by atoms with Gasteiger partial charge in [0.25, 0.3) is 0 Å². The Kier molecular flexibility index (Phi) is 5.34. The second kappa shape index (κ2) is 7.23. The summed E-state index contributed by atoms with van der Waals surface area (Å²) in [7, 11) is 1.99. The lowest BCUT2D eigenvalue weighted by Gasteiger charge is -2.11. The number of benzene rings is 1. The minimum atomic E-state index is 0.713. The molecular weight excluding hydrogens is 282 g/mol. The van der Waals surface area contributed by atoms with E-state index in [-0.39, 0.29) is 0 Å². The van der Waals surface area contributed by atoms with E-state index in [0.29, 0.717) is 5.02 Å². The van der Waals surface area contributed by atoms with Crippen molar-refractivity contribution in [2.75, 3.05) is 13.6 Å². The normalized spacial score (nSPS) is 11.0. The van der Waals surface area contributed by atoms with Crippen molar-refractivity contribution in [2.45, 2.75) is 20.3 Å². The van der Waals surface area contributed by atoms with Crippen molar-refractivity contribution >= 4 is 23.6 Å². The molecule has 0 atom stereocenters. The Balaban J connectivity index is 2.30. The maximum Gasteiger partial charge on any atom is 0.0910 e. The fourth-order valence-electron chi connectivity index (χ4n) is 2.01. The summed E-state index contributed by atoms with van der Waals surface area (Å²) in [4.78, 5) is 10.7. The van der Waals surface area contributed by atoms with Gasteiger partial charge in [-0.05, 0) is 42.7 Å². The molecule has 0 saturated carbocycles. The number of halogens is 1. The van der Waals surface area contributed by atoms with Crippen LogP contribution in [0.5, 0.6) is 0 Å². The average molecular weight is 302 g/mol. The SMILES string of the molecule is CCN(C)/C=N\c1cc(C)cc(Cc2cccnc2)c1Cl. The molecule has 0 aliphatic heterocycles. The van der Waals surface area contributed by atoms with Crippen LogP contribution in [0.4, 0.5) is 5.69 Å². The number of aliphatic imine (C=N–C) groups is 1. The van der Waals surface area contributed by atoms with Crippen LogP contribution in [0.25, 0.3) is 0 Å². The van der Waals surface area contributed by atoms with Gasteiger partial charge < -0.3 is 4.90 Å². The predicted octanol–water partition coefficient (Wildman–Crippen LogP) is 4.25. The van der Waals surface area contributed by atoms with Gasteiger partial charge >= 0.3 is 0 Å². The topological polar surface area (TPSA) is 28.5 Å². The van der Waals surface area contributed by atoms with Crippen LogP contribution in [-0.4, -0.2) is 29.8 Å². The van der Waals surface area contributed by atoms with Crippen LogP contribution >= 0.6 is 11.6 Å². The van der Waals surface area contributed by atoms with E-state index in [1.54, 1.807) is 6.20 Å². The summed E-state index contributed by atoms with van der Waals surface area (Å²) in [6, 6.07) is 8.11. The minimum Gasteiger partial charge on any atom is -0.366 e. The first-order valence-electron chi connectivity index (χ1n) is 7.02. The first-order valence-corrected chi connectivity index (χ1v) is 7.40. The third-order valence-electron chi connectivity index (χ3n) is 3.28. The molecule has 0 saturated heterocycles. The Labute approximate surface area is 131 Å². The zero-order valence-electron chi connectivity index (χ0n) is 12.7. The van der Waals surface area contributed by atoms with Gasteiger partial charge in [0.1, 0.15) is 0 Å². The predicted molar refractivity (Wildman–Crippen MR) is 89.7 cm³/mol. The number of hydrogen-bond acceptors (Lipinski definition) is 2. The van der Waals surface area contributed by atoms with Crippen molar-refractivity contribution in [3.05, 3.63) is 58.4 Å². The number of rotatable bonds is 5. The summed E-state index contributed by atoms with van der Waals surface area (Å²) >= 11 is 6.50. The van der Waals surface area contributed by atoms with Gasteiger partial charge in [-0.3, -0.25) is 4.98 Å². The van der Waals surface area contributed by atoms with Crippen molar-refractivity contribution in [3.8, 4) is 0 Å². The number of hydrogen-bond donors (Lipinski definition) is 0. The van der Waals surface area contributed by atoms with E-state index >= 15 is 0 Å². The first-order chi connectivity index (χ1) is 10.1. The highest BCUT2D eigenvalue weighted by atomic mass is 35.5. The molecule has 2 rings (SSSR count). The zero-order valence-corrected chi connectivity index (χ0v) is 13.4. The molecule has 0 fully saturated rings. The van der Waals surface area contributed by atoms with Crippen molar-refractivity contribution in [3.63, 3.8) is 0 Å². The van der Waals surface area contributed by atoms with E-state index in [0.717, 1.165) is 35.3 Å². The summed E-state index contributed by atoms with van der Waals surface area (Å²) in [6.07, 6.45) is 6.22. The molecule has 110 valence electrons. The van der Waals surface area contributed by atoms with Gasteiger partial charge in [0.2, 0.25) is 0 Å². The fraction of sp³-hybridized carbons (Fsp3) is 0.294. The number of nitrogens with zero attached hydrogens (tertiary/aromatic N) is 3. The second-order valence-corrected chi connectivity index (χ2v) is 5.49. The zero-order chi connectivity index (χ0) is 15.2. The van der Waals surface area contributed by atoms with Crippen LogP contribution in [0.1, 0.15) is 23.6 Å². The highest BCUT2D eigenvalue weighted by Gasteiger charge is 2.08. The van der Waals surface area contributed by atoms with E-state index in [9.17, 15) is 0 Å². The average Bonchev–Trinajstić information content (AvgIpc) is 2.49. The molecule has 3 nitrogen and oxygen atoms in total. The maximum atomic E-state index is 6.50. The molecule has 21 heavy (non-hydrogen) atoms. The van der Waals surface area contributed by atoms with Crippen molar-refractivity contribution in [1.82, 2.24) is 9.88 Å². The lowest BCUT2D eigenvalue weighted by molar-refractivity contribution is 0.552. The molecule has 1 aromatic carbocycles. The summed E-state index contributed by atoms with van der Waals surface area (Å²) in [5.74, 6) is 0. The van der Waals surface area contributed by atoms with E-state index in [1.807, 2.05) is 36.6 Å². The Bertz CT molecular complexity index is 623. The van der Waals surface area contributed by atoms with Crippen LogP contribution in [-0.2, 0) is 6.42 Å². The van der Waals surface area contributed by atoms with Gasteiger partial charge in [0.05, 0.1) is 17.0 Å². The lowest BCUT2D eigenvalue weighted by Crippen LogP contribution is -2.14. The summed E-state index contributed by atoms with van der Waals surface area (Å²) in [6.45, 7) is 5.05. The van der Waals surface area contributed by atoms with E-state index in [1.165, 1.54) is 0 Å². The van der Waals surface area contributed by atoms with Crippen molar-refractivity contribution < 1.29 is 0 Å².